The first-order valence-electron chi connectivity index (χ1n) is 9.17. The van der Waals surface area contributed by atoms with Crippen molar-refractivity contribution in [2.24, 2.45) is 7.05 Å². The van der Waals surface area contributed by atoms with E-state index in [1.54, 1.807) is 25.5 Å². The number of nitrogens with zero attached hydrogens (tertiary/aromatic N) is 4. The lowest BCUT2D eigenvalue weighted by Gasteiger charge is -2.08. The van der Waals surface area contributed by atoms with Crippen molar-refractivity contribution in [2.45, 2.75) is 31.8 Å². The third-order valence-corrected chi connectivity index (χ3v) is 5.74. The summed E-state index contributed by atoms with van der Waals surface area (Å²) in [5.41, 5.74) is -0.189. The van der Waals surface area contributed by atoms with Crippen LogP contribution in [0.1, 0.15) is 25.2 Å². The van der Waals surface area contributed by atoms with Crippen LogP contribution in [0.3, 0.4) is 0 Å². The number of imidazole rings is 1. The van der Waals surface area contributed by atoms with Crippen LogP contribution < -0.4 is 16.0 Å². The van der Waals surface area contributed by atoms with Crippen molar-refractivity contribution < 1.29 is 17.7 Å². The van der Waals surface area contributed by atoms with Gasteiger partial charge in [-0.15, -0.1) is 0 Å². The minimum atomic E-state index is -4.46. The monoisotopic (exact) mass is 434 g/mol. The number of aromatic nitrogens is 4. The second-order valence-corrected chi connectivity index (χ2v) is 7.88. The molecule has 10 nitrogen and oxygen atoms in total. The highest BCUT2D eigenvalue weighted by molar-refractivity contribution is 7.85. The van der Waals surface area contributed by atoms with Gasteiger partial charge < -0.3 is 9.30 Å². The molecule has 11 heteroatoms. The number of benzene rings is 1. The van der Waals surface area contributed by atoms with Crippen molar-refractivity contribution >= 4 is 33.4 Å². The van der Waals surface area contributed by atoms with Gasteiger partial charge in [-0.2, -0.15) is 8.42 Å². The van der Waals surface area contributed by atoms with Gasteiger partial charge in [-0.3, -0.25) is 18.5 Å². The summed E-state index contributed by atoms with van der Waals surface area (Å²) in [5.74, 6) is 0.736. The third-order valence-electron chi connectivity index (χ3n) is 4.82. The molecule has 0 spiro atoms. The molecule has 0 saturated carbocycles. The molecule has 160 valence electrons. The van der Waals surface area contributed by atoms with Crippen LogP contribution in [0.15, 0.2) is 32.7 Å². The molecular weight excluding hydrogens is 412 g/mol. The Morgan fingerprint density at radius 3 is 2.37 bits per heavy atom. The van der Waals surface area contributed by atoms with E-state index in [0.29, 0.717) is 18.1 Å². The fourth-order valence-corrected chi connectivity index (χ4v) is 3.94. The van der Waals surface area contributed by atoms with E-state index in [2.05, 4.69) is 4.98 Å². The largest absolute Gasteiger partial charge is 0.497 e. The lowest BCUT2D eigenvalue weighted by Crippen LogP contribution is -2.39. The van der Waals surface area contributed by atoms with Gasteiger partial charge in [0, 0.05) is 20.1 Å². The highest BCUT2D eigenvalue weighted by atomic mass is 32.2. The smallest absolute Gasteiger partial charge is 0.332 e. The number of rotatable bonds is 6. The summed E-state index contributed by atoms with van der Waals surface area (Å²) in [6.45, 7) is 4.06. The van der Waals surface area contributed by atoms with E-state index in [1.165, 1.54) is 42.0 Å². The maximum Gasteiger partial charge on any atom is 0.332 e. The molecule has 0 saturated heterocycles. The molecule has 0 bridgehead atoms. The van der Waals surface area contributed by atoms with Crippen LogP contribution in [0.2, 0.25) is 0 Å². The molecule has 0 fully saturated rings. The molecule has 30 heavy (non-hydrogen) atoms. The summed E-state index contributed by atoms with van der Waals surface area (Å²) in [6, 6.07) is 4.11. The van der Waals surface area contributed by atoms with E-state index in [-0.39, 0.29) is 28.2 Å². The van der Waals surface area contributed by atoms with Crippen molar-refractivity contribution in [1.82, 2.24) is 18.7 Å². The van der Waals surface area contributed by atoms with Crippen LogP contribution in [0.25, 0.3) is 23.3 Å². The van der Waals surface area contributed by atoms with Gasteiger partial charge in [0.05, 0.1) is 7.11 Å². The van der Waals surface area contributed by atoms with Crippen LogP contribution in [-0.2, 0) is 30.3 Å². The molecule has 0 amide bonds. The fraction of sp³-hybridized carbons (Fsp3) is 0.316. The normalized spacial score (nSPS) is 12.2. The lowest BCUT2D eigenvalue weighted by atomic mass is 10.2. The maximum absolute atomic E-state index is 12.8. The number of aryl methyl sites for hydroxylation is 2. The average Bonchev–Trinajstić information content (AvgIpc) is 3.02. The van der Waals surface area contributed by atoms with Gasteiger partial charge in [0.15, 0.2) is 11.2 Å². The highest BCUT2D eigenvalue weighted by Gasteiger charge is 2.18. The molecule has 0 aliphatic carbocycles. The summed E-state index contributed by atoms with van der Waals surface area (Å²) in [6.07, 6.45) is 2.95. The van der Waals surface area contributed by atoms with Gasteiger partial charge >= 0.3 is 5.69 Å². The zero-order chi connectivity index (χ0) is 22.2. The van der Waals surface area contributed by atoms with Crippen molar-refractivity contribution in [3.8, 4) is 5.75 Å². The Hall–Kier alpha value is -3.18. The summed E-state index contributed by atoms with van der Waals surface area (Å²) in [4.78, 5) is 29.4. The van der Waals surface area contributed by atoms with Gasteiger partial charge in [0.1, 0.15) is 16.5 Å². The summed E-state index contributed by atoms with van der Waals surface area (Å²) >= 11 is 0. The second-order valence-electron chi connectivity index (χ2n) is 6.49. The van der Waals surface area contributed by atoms with E-state index in [0.717, 1.165) is 4.57 Å². The molecule has 0 aliphatic heterocycles. The minimum Gasteiger partial charge on any atom is -0.497 e. The fourth-order valence-electron chi connectivity index (χ4n) is 3.28. The summed E-state index contributed by atoms with van der Waals surface area (Å²) < 4.78 is 42.1. The van der Waals surface area contributed by atoms with Gasteiger partial charge in [0.25, 0.3) is 15.7 Å². The molecule has 2 aromatic heterocycles. The molecular formula is C19H22N4O6S. The molecule has 0 atom stereocenters. The first-order valence-corrected chi connectivity index (χ1v) is 10.6. The molecule has 0 radical (unpaired) electrons. The molecule has 1 N–H and O–H groups in total. The third kappa shape index (κ3) is 3.57. The first kappa shape index (κ1) is 21.5. The van der Waals surface area contributed by atoms with E-state index >= 15 is 0 Å². The molecule has 2 heterocycles. The van der Waals surface area contributed by atoms with Gasteiger partial charge in [-0.25, -0.2) is 9.78 Å². The van der Waals surface area contributed by atoms with E-state index < -0.39 is 21.4 Å². The van der Waals surface area contributed by atoms with Crippen LogP contribution in [0, 0.1) is 0 Å². The minimum absolute atomic E-state index is 0.183. The SMILES string of the molecule is CCn1c(=O)c2c(nc(C=Cc3cc(OC)ccc3S(=O)(=O)O)n2C)n(CC)c1=O. The zero-order valence-electron chi connectivity index (χ0n) is 17.0. The number of fused-ring (bicyclic) bond motifs is 1. The predicted octanol–water partition coefficient (Wildman–Crippen LogP) is 1.36. The Morgan fingerprint density at radius 2 is 1.80 bits per heavy atom. The van der Waals surface area contributed by atoms with Gasteiger partial charge in [-0.05, 0) is 49.8 Å². The molecule has 0 unspecified atom stereocenters. The Kier molecular flexibility index (Phi) is 5.68. The first-order chi connectivity index (χ1) is 14.1. The lowest BCUT2D eigenvalue weighted by molar-refractivity contribution is 0.414. The number of hydrogen-bond donors (Lipinski definition) is 1. The number of hydrogen-bond acceptors (Lipinski definition) is 6. The average molecular weight is 434 g/mol. The summed E-state index contributed by atoms with van der Waals surface area (Å²) in [5, 5.41) is 0. The number of ether oxygens (including phenoxy) is 1. The summed E-state index contributed by atoms with van der Waals surface area (Å²) in [7, 11) is -1.39. The van der Waals surface area contributed by atoms with Crippen molar-refractivity contribution in [2.75, 3.05) is 7.11 Å². The van der Waals surface area contributed by atoms with Crippen molar-refractivity contribution in [3.63, 3.8) is 0 Å². The van der Waals surface area contributed by atoms with Crippen molar-refractivity contribution in [3.05, 3.63) is 50.4 Å². The maximum atomic E-state index is 12.8. The van der Waals surface area contributed by atoms with Crippen LogP contribution in [0.5, 0.6) is 5.75 Å². The topological polar surface area (TPSA) is 125 Å². The van der Waals surface area contributed by atoms with Crippen LogP contribution >= 0.6 is 0 Å². The molecule has 3 aromatic rings. The predicted molar refractivity (Wildman–Crippen MR) is 112 cm³/mol. The quantitative estimate of drug-likeness (QED) is 0.581. The molecule has 1 aromatic carbocycles. The van der Waals surface area contributed by atoms with Gasteiger partial charge in [0.2, 0.25) is 0 Å². The standard InChI is InChI=1S/C19H22N4O6S/c1-5-22-17-16(18(24)23(6-2)19(22)25)21(3)15(20-17)10-7-12-11-13(29-4)8-9-14(12)30(26,27)28/h7-11H,5-6H2,1-4H3,(H,26,27,28). The highest BCUT2D eigenvalue weighted by Crippen LogP contribution is 2.24. The van der Waals surface area contributed by atoms with E-state index in [9.17, 15) is 22.6 Å². The zero-order valence-corrected chi connectivity index (χ0v) is 17.8. The molecule has 0 aliphatic rings. The van der Waals surface area contributed by atoms with Gasteiger partial charge in [-0.1, -0.05) is 0 Å². The Labute approximate surface area is 172 Å². The Morgan fingerprint density at radius 1 is 1.13 bits per heavy atom. The van der Waals surface area contributed by atoms with E-state index in [1.807, 2.05) is 0 Å². The Balaban J connectivity index is 2.25. The van der Waals surface area contributed by atoms with Crippen molar-refractivity contribution in [1.29, 1.82) is 0 Å². The Bertz CT molecular complexity index is 1380. The molecule has 3 rings (SSSR count). The van der Waals surface area contributed by atoms with E-state index in [4.69, 9.17) is 4.74 Å². The second kappa shape index (κ2) is 7.92. The van der Waals surface area contributed by atoms with Crippen LogP contribution in [-0.4, -0.2) is 38.8 Å². The number of methoxy groups -OCH3 is 1. The van der Waals surface area contributed by atoms with Crippen LogP contribution in [0.4, 0.5) is 0 Å².